The van der Waals surface area contributed by atoms with E-state index in [0.717, 1.165) is 32.6 Å². The van der Waals surface area contributed by atoms with Gasteiger partial charge in [-0.1, -0.05) is 19.1 Å². The van der Waals surface area contributed by atoms with Crippen LogP contribution in [0, 0.1) is 5.82 Å². The van der Waals surface area contributed by atoms with Crippen molar-refractivity contribution in [2.45, 2.75) is 25.9 Å². The molecular formula is C15H24FNO3. The van der Waals surface area contributed by atoms with E-state index in [1.54, 1.807) is 18.2 Å². The van der Waals surface area contributed by atoms with Crippen molar-refractivity contribution in [1.82, 2.24) is 5.32 Å². The number of halogens is 1. The third-order valence-corrected chi connectivity index (χ3v) is 2.64. The van der Waals surface area contributed by atoms with Crippen molar-refractivity contribution in [1.29, 1.82) is 0 Å². The van der Waals surface area contributed by atoms with Crippen molar-refractivity contribution in [2.75, 3.05) is 32.9 Å². The molecule has 0 fully saturated rings. The van der Waals surface area contributed by atoms with E-state index in [0.29, 0.717) is 6.54 Å². The van der Waals surface area contributed by atoms with Gasteiger partial charge < -0.3 is 19.9 Å². The highest BCUT2D eigenvalue weighted by atomic mass is 19.1. The molecule has 1 rings (SSSR count). The summed E-state index contributed by atoms with van der Waals surface area (Å²) >= 11 is 0. The van der Waals surface area contributed by atoms with Crippen LogP contribution in [0.2, 0.25) is 0 Å². The summed E-state index contributed by atoms with van der Waals surface area (Å²) in [6.45, 7) is 4.86. The van der Waals surface area contributed by atoms with Crippen molar-refractivity contribution in [3.8, 4) is 5.75 Å². The standard InChI is InChI=1S/C15H24FNO3/c1-2-9-19-10-5-8-17-11-13(18)12-20-15-7-4-3-6-14(15)16/h3-4,6-7,13,17-18H,2,5,8-12H2,1H3. The maximum Gasteiger partial charge on any atom is 0.165 e. The molecule has 5 heteroatoms. The number of nitrogens with one attached hydrogen (secondary N) is 1. The van der Waals surface area contributed by atoms with Gasteiger partial charge in [-0.25, -0.2) is 4.39 Å². The zero-order valence-electron chi connectivity index (χ0n) is 12.0. The first kappa shape index (κ1) is 16.9. The molecule has 1 atom stereocenters. The van der Waals surface area contributed by atoms with Crippen LogP contribution in [-0.4, -0.2) is 44.1 Å². The van der Waals surface area contributed by atoms with Crippen LogP contribution in [-0.2, 0) is 4.74 Å². The lowest BCUT2D eigenvalue weighted by Crippen LogP contribution is -2.32. The Morgan fingerprint density at radius 1 is 1.30 bits per heavy atom. The number of rotatable bonds is 11. The predicted octanol–water partition coefficient (Wildman–Crippen LogP) is 1.97. The molecule has 114 valence electrons. The van der Waals surface area contributed by atoms with E-state index < -0.39 is 11.9 Å². The molecule has 0 bridgehead atoms. The van der Waals surface area contributed by atoms with Gasteiger partial charge >= 0.3 is 0 Å². The number of hydrogen-bond donors (Lipinski definition) is 2. The van der Waals surface area contributed by atoms with Gasteiger partial charge in [-0.2, -0.15) is 0 Å². The van der Waals surface area contributed by atoms with Crippen LogP contribution in [0.3, 0.4) is 0 Å². The lowest BCUT2D eigenvalue weighted by molar-refractivity contribution is 0.101. The molecule has 0 aromatic heterocycles. The molecule has 0 aliphatic heterocycles. The van der Waals surface area contributed by atoms with E-state index in [2.05, 4.69) is 12.2 Å². The van der Waals surface area contributed by atoms with Gasteiger partial charge in [-0.3, -0.25) is 0 Å². The third kappa shape index (κ3) is 7.43. The molecule has 0 heterocycles. The SMILES string of the molecule is CCCOCCCNCC(O)COc1ccccc1F. The first-order valence-electron chi connectivity index (χ1n) is 7.08. The van der Waals surface area contributed by atoms with Crippen molar-refractivity contribution in [2.24, 2.45) is 0 Å². The predicted molar refractivity (Wildman–Crippen MR) is 76.5 cm³/mol. The van der Waals surface area contributed by atoms with Crippen LogP contribution in [0.1, 0.15) is 19.8 Å². The smallest absolute Gasteiger partial charge is 0.165 e. The summed E-state index contributed by atoms with van der Waals surface area (Å²) in [5, 5.41) is 12.8. The van der Waals surface area contributed by atoms with E-state index in [-0.39, 0.29) is 12.4 Å². The average Bonchev–Trinajstić information content (AvgIpc) is 2.45. The Morgan fingerprint density at radius 3 is 2.85 bits per heavy atom. The van der Waals surface area contributed by atoms with E-state index in [9.17, 15) is 9.50 Å². The minimum atomic E-state index is -0.661. The molecule has 2 N–H and O–H groups in total. The maximum atomic E-state index is 13.3. The summed E-state index contributed by atoms with van der Waals surface area (Å²) in [5.41, 5.74) is 0. The molecule has 1 aromatic rings. The molecule has 0 amide bonds. The normalized spacial score (nSPS) is 12.3. The second-order valence-corrected chi connectivity index (χ2v) is 4.57. The number of ether oxygens (including phenoxy) is 2. The molecular weight excluding hydrogens is 261 g/mol. The quantitative estimate of drug-likeness (QED) is 0.610. The Labute approximate surface area is 119 Å². The highest BCUT2D eigenvalue weighted by molar-refractivity contribution is 5.23. The van der Waals surface area contributed by atoms with Gasteiger partial charge in [0.2, 0.25) is 0 Å². The largest absolute Gasteiger partial charge is 0.488 e. The maximum absolute atomic E-state index is 13.3. The number of hydrogen-bond acceptors (Lipinski definition) is 4. The molecule has 0 radical (unpaired) electrons. The zero-order valence-corrected chi connectivity index (χ0v) is 12.0. The second-order valence-electron chi connectivity index (χ2n) is 4.57. The molecule has 0 saturated carbocycles. The Hall–Kier alpha value is -1.17. The van der Waals surface area contributed by atoms with Crippen LogP contribution in [0.5, 0.6) is 5.75 Å². The van der Waals surface area contributed by atoms with Crippen LogP contribution >= 0.6 is 0 Å². The van der Waals surface area contributed by atoms with Crippen molar-refractivity contribution in [3.63, 3.8) is 0 Å². The first-order chi connectivity index (χ1) is 9.74. The van der Waals surface area contributed by atoms with Crippen molar-refractivity contribution < 1.29 is 19.0 Å². The van der Waals surface area contributed by atoms with E-state index in [1.165, 1.54) is 6.07 Å². The summed E-state index contributed by atoms with van der Waals surface area (Å²) < 4.78 is 23.8. The van der Waals surface area contributed by atoms with Crippen LogP contribution in [0.4, 0.5) is 4.39 Å². The molecule has 0 aliphatic rings. The van der Waals surface area contributed by atoms with Crippen LogP contribution < -0.4 is 10.1 Å². The fourth-order valence-corrected chi connectivity index (χ4v) is 1.62. The summed E-state index contributed by atoms with van der Waals surface area (Å²) in [6, 6.07) is 6.16. The minimum Gasteiger partial charge on any atom is -0.488 e. The van der Waals surface area contributed by atoms with Crippen molar-refractivity contribution in [3.05, 3.63) is 30.1 Å². The van der Waals surface area contributed by atoms with Gasteiger partial charge in [-0.15, -0.1) is 0 Å². The van der Waals surface area contributed by atoms with E-state index in [1.807, 2.05) is 0 Å². The van der Waals surface area contributed by atoms with Gasteiger partial charge in [0.05, 0.1) is 0 Å². The lowest BCUT2D eigenvalue weighted by atomic mass is 10.3. The van der Waals surface area contributed by atoms with Crippen LogP contribution in [0.25, 0.3) is 0 Å². The molecule has 0 spiro atoms. The van der Waals surface area contributed by atoms with E-state index in [4.69, 9.17) is 9.47 Å². The summed E-state index contributed by atoms with van der Waals surface area (Å²) in [4.78, 5) is 0. The fourth-order valence-electron chi connectivity index (χ4n) is 1.62. The van der Waals surface area contributed by atoms with Gasteiger partial charge in [0.1, 0.15) is 12.7 Å². The Balaban J connectivity index is 2.03. The Kier molecular flexibility index (Phi) is 8.95. The molecule has 4 nitrogen and oxygen atoms in total. The van der Waals surface area contributed by atoms with Gasteiger partial charge in [0.15, 0.2) is 11.6 Å². The summed E-state index contributed by atoms with van der Waals surface area (Å²) in [5.74, 6) is -0.250. The molecule has 20 heavy (non-hydrogen) atoms. The monoisotopic (exact) mass is 285 g/mol. The average molecular weight is 285 g/mol. The molecule has 0 aliphatic carbocycles. The number of aliphatic hydroxyl groups is 1. The molecule has 0 saturated heterocycles. The third-order valence-electron chi connectivity index (χ3n) is 2.64. The first-order valence-corrected chi connectivity index (χ1v) is 7.08. The van der Waals surface area contributed by atoms with Gasteiger partial charge in [-0.05, 0) is 31.5 Å². The van der Waals surface area contributed by atoms with Gasteiger partial charge in [0, 0.05) is 19.8 Å². The number of aliphatic hydroxyl groups excluding tert-OH is 1. The zero-order chi connectivity index (χ0) is 14.6. The second kappa shape index (κ2) is 10.6. The summed E-state index contributed by atoms with van der Waals surface area (Å²) in [6.07, 6.45) is 1.27. The number of para-hydroxylation sites is 1. The number of benzene rings is 1. The Morgan fingerprint density at radius 2 is 2.10 bits per heavy atom. The van der Waals surface area contributed by atoms with Crippen molar-refractivity contribution >= 4 is 0 Å². The topological polar surface area (TPSA) is 50.7 Å². The van der Waals surface area contributed by atoms with E-state index >= 15 is 0 Å². The lowest BCUT2D eigenvalue weighted by Gasteiger charge is -2.13. The Bertz CT molecular complexity index is 363. The highest BCUT2D eigenvalue weighted by Gasteiger charge is 2.07. The van der Waals surface area contributed by atoms with Gasteiger partial charge in [0.25, 0.3) is 0 Å². The molecule has 1 unspecified atom stereocenters. The summed E-state index contributed by atoms with van der Waals surface area (Å²) in [7, 11) is 0. The highest BCUT2D eigenvalue weighted by Crippen LogP contribution is 2.15. The van der Waals surface area contributed by atoms with Crippen LogP contribution in [0.15, 0.2) is 24.3 Å². The fraction of sp³-hybridized carbons (Fsp3) is 0.600. The minimum absolute atomic E-state index is 0.0697. The molecule has 1 aromatic carbocycles.